The lowest BCUT2D eigenvalue weighted by Gasteiger charge is -2.29. The first-order valence-corrected chi connectivity index (χ1v) is 7.99. The van der Waals surface area contributed by atoms with Crippen LogP contribution in [0.5, 0.6) is 0 Å². The molecule has 2 unspecified atom stereocenters. The van der Waals surface area contributed by atoms with Crippen molar-refractivity contribution in [3.63, 3.8) is 0 Å². The number of carbonyl (C=O) groups excluding carboxylic acids is 1. The van der Waals surface area contributed by atoms with Gasteiger partial charge in [-0.2, -0.15) is 0 Å². The molecule has 4 heteroatoms. The molecule has 3 nitrogen and oxygen atoms in total. The van der Waals surface area contributed by atoms with E-state index in [4.69, 9.17) is 5.73 Å². The second kappa shape index (κ2) is 6.41. The zero-order chi connectivity index (χ0) is 15.5. The summed E-state index contributed by atoms with van der Waals surface area (Å²) in [7, 11) is 0. The summed E-state index contributed by atoms with van der Waals surface area (Å²) in [5.74, 6) is 0.153. The molecule has 0 aliphatic carbocycles. The van der Waals surface area contributed by atoms with E-state index in [0.717, 1.165) is 10.4 Å². The molecule has 0 saturated carbocycles. The number of hydrogen-bond donors (Lipinski definition) is 2. The fraction of sp³-hybridized carbons (Fsp3) is 0.353. The van der Waals surface area contributed by atoms with E-state index in [1.54, 1.807) is 18.3 Å². The van der Waals surface area contributed by atoms with Crippen LogP contribution in [0, 0.1) is 5.92 Å². The normalized spacial score (nSPS) is 15.5. The van der Waals surface area contributed by atoms with Crippen molar-refractivity contribution in [3.8, 4) is 0 Å². The minimum absolute atomic E-state index is 0.0101. The van der Waals surface area contributed by atoms with Crippen molar-refractivity contribution < 1.29 is 4.79 Å². The van der Waals surface area contributed by atoms with Crippen molar-refractivity contribution in [2.75, 3.05) is 0 Å². The Hall–Kier alpha value is -1.65. The second-order valence-corrected chi connectivity index (χ2v) is 6.76. The zero-order valence-electron chi connectivity index (χ0n) is 12.7. The predicted octanol–water partition coefficient (Wildman–Crippen LogP) is 3.44. The summed E-state index contributed by atoms with van der Waals surface area (Å²) >= 11 is 1.65. The van der Waals surface area contributed by atoms with Crippen molar-refractivity contribution in [2.45, 2.75) is 32.4 Å². The van der Waals surface area contributed by atoms with Crippen LogP contribution in [-0.2, 0) is 10.3 Å². The van der Waals surface area contributed by atoms with Gasteiger partial charge in [-0.25, -0.2) is 0 Å². The maximum Gasteiger partial charge on any atom is 0.244 e. The van der Waals surface area contributed by atoms with E-state index in [-0.39, 0.29) is 11.9 Å². The summed E-state index contributed by atoms with van der Waals surface area (Å²) in [5, 5.41) is 5.13. The largest absolute Gasteiger partial charge is 0.346 e. The van der Waals surface area contributed by atoms with Gasteiger partial charge >= 0.3 is 0 Å². The summed E-state index contributed by atoms with van der Waals surface area (Å²) in [6.07, 6.45) is 0. The Balaban J connectivity index is 2.19. The van der Waals surface area contributed by atoms with E-state index in [2.05, 4.69) is 19.2 Å². The van der Waals surface area contributed by atoms with Gasteiger partial charge in [0, 0.05) is 4.88 Å². The molecule has 0 bridgehead atoms. The molecule has 21 heavy (non-hydrogen) atoms. The molecule has 1 heterocycles. The van der Waals surface area contributed by atoms with Crippen LogP contribution in [0.3, 0.4) is 0 Å². The third-order valence-electron chi connectivity index (χ3n) is 3.65. The minimum Gasteiger partial charge on any atom is -0.346 e. The number of carbonyl (C=O) groups is 1. The number of rotatable bonds is 5. The van der Waals surface area contributed by atoms with Gasteiger partial charge in [-0.1, -0.05) is 50.2 Å². The monoisotopic (exact) mass is 302 g/mol. The highest BCUT2D eigenvalue weighted by molar-refractivity contribution is 7.10. The first kappa shape index (κ1) is 15.7. The molecule has 2 rings (SSSR count). The molecule has 1 amide bonds. The van der Waals surface area contributed by atoms with Crippen LogP contribution in [0.15, 0.2) is 47.8 Å². The highest BCUT2D eigenvalue weighted by Gasteiger charge is 2.33. The maximum atomic E-state index is 12.6. The molecule has 0 fully saturated rings. The average Bonchev–Trinajstić information content (AvgIpc) is 2.98. The SMILES string of the molecule is CC(C)C(NC(=O)C(C)(N)c1ccccc1)c1cccs1. The van der Waals surface area contributed by atoms with Gasteiger partial charge in [0.05, 0.1) is 6.04 Å². The lowest BCUT2D eigenvalue weighted by Crippen LogP contribution is -2.50. The number of hydrogen-bond acceptors (Lipinski definition) is 3. The van der Waals surface area contributed by atoms with E-state index < -0.39 is 5.54 Å². The van der Waals surface area contributed by atoms with Gasteiger partial charge in [-0.3, -0.25) is 4.79 Å². The molecule has 1 aromatic carbocycles. The number of nitrogens with one attached hydrogen (secondary N) is 1. The Bertz CT molecular complexity index is 576. The van der Waals surface area contributed by atoms with E-state index in [1.165, 1.54) is 0 Å². The van der Waals surface area contributed by atoms with Crippen LogP contribution in [0.1, 0.15) is 37.3 Å². The van der Waals surface area contributed by atoms with Crippen LogP contribution in [-0.4, -0.2) is 5.91 Å². The van der Waals surface area contributed by atoms with Crippen LogP contribution >= 0.6 is 11.3 Å². The van der Waals surface area contributed by atoms with E-state index in [0.29, 0.717) is 5.92 Å². The Labute approximate surface area is 130 Å². The quantitative estimate of drug-likeness (QED) is 0.889. The Morgan fingerprint density at radius 3 is 2.38 bits per heavy atom. The first-order valence-electron chi connectivity index (χ1n) is 7.11. The third-order valence-corrected chi connectivity index (χ3v) is 4.60. The van der Waals surface area contributed by atoms with Crippen LogP contribution in [0.2, 0.25) is 0 Å². The smallest absolute Gasteiger partial charge is 0.244 e. The minimum atomic E-state index is -1.04. The van der Waals surface area contributed by atoms with Crippen LogP contribution < -0.4 is 11.1 Å². The van der Waals surface area contributed by atoms with Crippen molar-refractivity contribution in [3.05, 3.63) is 58.3 Å². The molecule has 0 radical (unpaired) electrons. The summed E-state index contributed by atoms with van der Waals surface area (Å²) in [5.41, 5.74) is 6.05. The van der Waals surface area contributed by atoms with Gasteiger partial charge < -0.3 is 11.1 Å². The van der Waals surface area contributed by atoms with Gasteiger partial charge in [0.15, 0.2) is 0 Å². The maximum absolute atomic E-state index is 12.6. The van der Waals surface area contributed by atoms with Crippen LogP contribution in [0.25, 0.3) is 0 Å². The molecular formula is C17H22N2OS. The molecule has 1 aromatic heterocycles. The molecule has 3 N–H and O–H groups in total. The highest BCUT2D eigenvalue weighted by atomic mass is 32.1. The third kappa shape index (κ3) is 3.52. The van der Waals surface area contributed by atoms with Crippen molar-refractivity contribution in [1.82, 2.24) is 5.32 Å². The molecule has 0 aliphatic rings. The first-order chi connectivity index (χ1) is 9.93. The number of thiophene rings is 1. The summed E-state index contributed by atoms with van der Waals surface area (Å²) in [6.45, 7) is 5.95. The molecule has 0 saturated heterocycles. The van der Waals surface area contributed by atoms with E-state index in [9.17, 15) is 4.79 Å². The predicted molar refractivity (Wildman–Crippen MR) is 88.0 cm³/mol. The molecule has 2 aromatic rings. The van der Waals surface area contributed by atoms with Gasteiger partial charge in [0.2, 0.25) is 5.91 Å². The molecule has 2 atom stereocenters. The fourth-order valence-corrected chi connectivity index (χ4v) is 3.19. The number of nitrogens with two attached hydrogens (primary N) is 1. The Morgan fingerprint density at radius 1 is 1.19 bits per heavy atom. The molecular weight excluding hydrogens is 280 g/mol. The van der Waals surface area contributed by atoms with Gasteiger partial charge in [0.1, 0.15) is 5.54 Å². The fourth-order valence-electron chi connectivity index (χ4n) is 2.24. The second-order valence-electron chi connectivity index (χ2n) is 5.78. The summed E-state index contributed by atoms with van der Waals surface area (Å²) in [4.78, 5) is 13.8. The highest BCUT2D eigenvalue weighted by Crippen LogP contribution is 2.27. The van der Waals surface area contributed by atoms with E-state index >= 15 is 0 Å². The van der Waals surface area contributed by atoms with Gasteiger partial charge in [-0.15, -0.1) is 11.3 Å². The van der Waals surface area contributed by atoms with Crippen molar-refractivity contribution >= 4 is 17.2 Å². The molecule has 0 aliphatic heterocycles. The number of amides is 1. The topological polar surface area (TPSA) is 55.1 Å². The lowest BCUT2D eigenvalue weighted by atomic mass is 9.91. The average molecular weight is 302 g/mol. The standard InChI is InChI=1S/C17H22N2OS/c1-12(2)15(14-10-7-11-21-14)19-16(20)17(3,18)13-8-5-4-6-9-13/h4-12,15H,18H2,1-3H3,(H,19,20). The molecule has 112 valence electrons. The summed E-state index contributed by atoms with van der Waals surface area (Å²) in [6, 6.07) is 13.5. The number of benzene rings is 1. The Kier molecular flexibility index (Phi) is 4.80. The zero-order valence-corrected chi connectivity index (χ0v) is 13.5. The lowest BCUT2D eigenvalue weighted by molar-refractivity contribution is -0.127. The van der Waals surface area contributed by atoms with E-state index in [1.807, 2.05) is 47.8 Å². The van der Waals surface area contributed by atoms with Crippen molar-refractivity contribution in [2.24, 2.45) is 11.7 Å². The van der Waals surface area contributed by atoms with Gasteiger partial charge in [0.25, 0.3) is 0 Å². The molecule has 0 spiro atoms. The summed E-state index contributed by atoms with van der Waals surface area (Å²) < 4.78 is 0. The van der Waals surface area contributed by atoms with Crippen LogP contribution in [0.4, 0.5) is 0 Å². The Morgan fingerprint density at radius 2 is 1.86 bits per heavy atom. The van der Waals surface area contributed by atoms with Gasteiger partial charge in [-0.05, 0) is 29.9 Å². The van der Waals surface area contributed by atoms with Crippen molar-refractivity contribution in [1.29, 1.82) is 0 Å².